The van der Waals surface area contributed by atoms with Crippen molar-refractivity contribution in [3.05, 3.63) is 86.9 Å². The second kappa shape index (κ2) is 10.4. The number of carboxylic acids is 1. The number of rotatable bonds is 9. The van der Waals surface area contributed by atoms with Gasteiger partial charge in [0.05, 0.1) is 12.2 Å². The molecule has 0 bridgehead atoms. The molecule has 31 heavy (non-hydrogen) atoms. The Morgan fingerprint density at radius 2 is 1.71 bits per heavy atom. The van der Waals surface area contributed by atoms with Gasteiger partial charge in [-0.25, -0.2) is 4.79 Å². The minimum absolute atomic E-state index is 0.220. The fourth-order valence-electron chi connectivity index (χ4n) is 3.00. The van der Waals surface area contributed by atoms with Gasteiger partial charge in [0.15, 0.2) is 11.5 Å². The summed E-state index contributed by atoms with van der Waals surface area (Å²) in [6.07, 6.45) is 0. The molecule has 2 N–H and O–H groups in total. The largest absolute Gasteiger partial charge is 0.490 e. The Balaban J connectivity index is 1.79. The molecule has 0 aliphatic carbocycles. The molecule has 0 aliphatic rings. The molecule has 3 aromatic carbocycles. The smallest absolute Gasteiger partial charge is 0.335 e. The molecule has 0 saturated carbocycles. The second-order valence-electron chi connectivity index (χ2n) is 6.89. The standard InChI is InChI=1S/C24H23Cl2NO4/c1-3-30-22-11-18(13-27-21-10-16(24(28)29)9-8-15(21)2)20(26)12-23(22)31-14-17-6-4-5-7-19(17)25/h4-12,27H,3,13-14H2,1-2H3,(H,28,29). The highest BCUT2D eigenvalue weighted by Crippen LogP contribution is 2.35. The zero-order chi connectivity index (χ0) is 22.4. The molecule has 3 aromatic rings. The Bertz CT molecular complexity index is 1090. The van der Waals surface area contributed by atoms with Crippen LogP contribution in [0.4, 0.5) is 5.69 Å². The van der Waals surface area contributed by atoms with Crippen LogP contribution in [0.3, 0.4) is 0 Å². The summed E-state index contributed by atoms with van der Waals surface area (Å²) in [7, 11) is 0. The molecule has 0 unspecified atom stereocenters. The summed E-state index contributed by atoms with van der Waals surface area (Å²) in [4.78, 5) is 11.2. The molecule has 0 atom stereocenters. The molecule has 5 nitrogen and oxygen atoms in total. The van der Waals surface area contributed by atoms with E-state index < -0.39 is 5.97 Å². The summed E-state index contributed by atoms with van der Waals surface area (Å²) in [5, 5.41) is 13.6. The first-order chi connectivity index (χ1) is 14.9. The van der Waals surface area contributed by atoms with Crippen LogP contribution < -0.4 is 14.8 Å². The fourth-order valence-corrected chi connectivity index (χ4v) is 3.41. The van der Waals surface area contributed by atoms with Crippen LogP contribution in [0.25, 0.3) is 0 Å². The lowest BCUT2D eigenvalue weighted by atomic mass is 10.1. The van der Waals surface area contributed by atoms with Gasteiger partial charge in [-0.2, -0.15) is 0 Å². The normalized spacial score (nSPS) is 10.6. The summed E-state index contributed by atoms with van der Waals surface area (Å²) < 4.78 is 11.7. The maximum atomic E-state index is 11.2. The third-order valence-corrected chi connectivity index (χ3v) is 5.43. The lowest BCUT2D eigenvalue weighted by Gasteiger charge is -2.16. The van der Waals surface area contributed by atoms with Crippen LogP contribution in [0.15, 0.2) is 54.6 Å². The Labute approximate surface area is 191 Å². The van der Waals surface area contributed by atoms with E-state index in [2.05, 4.69) is 5.32 Å². The number of halogens is 2. The van der Waals surface area contributed by atoms with E-state index >= 15 is 0 Å². The van der Waals surface area contributed by atoms with E-state index in [1.165, 1.54) is 0 Å². The number of hydrogen-bond donors (Lipinski definition) is 2. The first-order valence-corrected chi connectivity index (χ1v) is 10.5. The van der Waals surface area contributed by atoms with E-state index in [1.807, 2.05) is 44.2 Å². The Hall–Kier alpha value is -2.89. The van der Waals surface area contributed by atoms with Crippen LogP contribution in [0.5, 0.6) is 11.5 Å². The lowest BCUT2D eigenvalue weighted by Crippen LogP contribution is -2.06. The molecular weight excluding hydrogens is 437 g/mol. The van der Waals surface area contributed by atoms with E-state index in [4.69, 9.17) is 32.7 Å². The second-order valence-corrected chi connectivity index (χ2v) is 7.71. The van der Waals surface area contributed by atoms with Crippen molar-refractivity contribution >= 4 is 34.9 Å². The third kappa shape index (κ3) is 5.84. The molecule has 162 valence electrons. The molecule has 0 aromatic heterocycles. The summed E-state index contributed by atoms with van der Waals surface area (Å²) in [6, 6.07) is 16.0. The van der Waals surface area contributed by atoms with E-state index in [1.54, 1.807) is 24.3 Å². The van der Waals surface area contributed by atoms with Crippen molar-refractivity contribution in [1.29, 1.82) is 0 Å². The van der Waals surface area contributed by atoms with Gasteiger partial charge >= 0.3 is 5.97 Å². The van der Waals surface area contributed by atoms with Crippen molar-refractivity contribution in [2.75, 3.05) is 11.9 Å². The SMILES string of the molecule is CCOc1cc(CNc2cc(C(=O)O)ccc2C)c(Cl)cc1OCc1ccccc1Cl. The number of aryl methyl sites for hydroxylation is 1. The van der Waals surface area contributed by atoms with Crippen LogP contribution >= 0.6 is 23.2 Å². The van der Waals surface area contributed by atoms with Gasteiger partial charge in [-0.3, -0.25) is 0 Å². The molecule has 0 saturated heterocycles. The molecule has 3 rings (SSSR count). The van der Waals surface area contributed by atoms with Crippen molar-refractivity contribution in [3.8, 4) is 11.5 Å². The predicted octanol–water partition coefficient (Wildman–Crippen LogP) is 6.59. The van der Waals surface area contributed by atoms with Gasteiger partial charge in [-0.1, -0.05) is 47.5 Å². The van der Waals surface area contributed by atoms with Crippen molar-refractivity contribution in [2.24, 2.45) is 0 Å². The van der Waals surface area contributed by atoms with Crippen LogP contribution in [-0.2, 0) is 13.2 Å². The highest BCUT2D eigenvalue weighted by Gasteiger charge is 2.13. The molecule has 7 heteroatoms. The summed E-state index contributed by atoms with van der Waals surface area (Å²) >= 11 is 12.7. The Morgan fingerprint density at radius 1 is 0.968 bits per heavy atom. The first kappa shape index (κ1) is 22.8. The highest BCUT2D eigenvalue weighted by atomic mass is 35.5. The predicted molar refractivity (Wildman–Crippen MR) is 124 cm³/mol. The number of benzene rings is 3. The Morgan fingerprint density at radius 3 is 2.42 bits per heavy atom. The van der Waals surface area contributed by atoms with Crippen molar-refractivity contribution < 1.29 is 19.4 Å². The number of ether oxygens (including phenoxy) is 2. The maximum Gasteiger partial charge on any atom is 0.335 e. The quantitative estimate of drug-likeness (QED) is 0.377. The number of nitrogens with one attached hydrogen (secondary N) is 1. The molecule has 0 radical (unpaired) electrons. The van der Waals surface area contributed by atoms with Gasteiger partial charge in [-0.05, 0) is 49.2 Å². The first-order valence-electron chi connectivity index (χ1n) is 9.78. The fraction of sp³-hybridized carbons (Fsp3) is 0.208. The lowest BCUT2D eigenvalue weighted by molar-refractivity contribution is 0.0697. The molecule has 0 aliphatic heterocycles. The molecule has 0 heterocycles. The molecule has 0 spiro atoms. The van der Waals surface area contributed by atoms with Gasteiger partial charge < -0.3 is 19.9 Å². The van der Waals surface area contributed by atoms with Crippen molar-refractivity contribution in [3.63, 3.8) is 0 Å². The van der Waals surface area contributed by atoms with E-state index in [0.717, 1.165) is 22.4 Å². The molecule has 0 fully saturated rings. The zero-order valence-corrected chi connectivity index (χ0v) is 18.8. The maximum absolute atomic E-state index is 11.2. The van der Waals surface area contributed by atoms with E-state index in [0.29, 0.717) is 34.7 Å². The van der Waals surface area contributed by atoms with Gasteiger partial charge in [0.2, 0.25) is 0 Å². The van der Waals surface area contributed by atoms with Gasteiger partial charge in [-0.15, -0.1) is 0 Å². The monoisotopic (exact) mass is 459 g/mol. The van der Waals surface area contributed by atoms with Crippen LogP contribution in [0, 0.1) is 6.92 Å². The highest BCUT2D eigenvalue weighted by molar-refractivity contribution is 6.31. The Kier molecular flexibility index (Phi) is 7.66. The minimum Gasteiger partial charge on any atom is -0.490 e. The zero-order valence-electron chi connectivity index (χ0n) is 17.2. The molecule has 0 amide bonds. The minimum atomic E-state index is -0.972. The topological polar surface area (TPSA) is 67.8 Å². The summed E-state index contributed by atoms with van der Waals surface area (Å²) in [5.41, 5.74) is 3.55. The van der Waals surface area contributed by atoms with Gasteiger partial charge in [0.1, 0.15) is 6.61 Å². The summed E-state index contributed by atoms with van der Waals surface area (Å²) in [6.45, 7) is 4.96. The number of carboxylic acid groups (broad SMARTS) is 1. The third-order valence-electron chi connectivity index (χ3n) is 4.71. The number of aromatic carboxylic acids is 1. The van der Waals surface area contributed by atoms with Crippen LogP contribution in [0.1, 0.15) is 34.0 Å². The van der Waals surface area contributed by atoms with Gasteiger partial charge in [0, 0.05) is 33.9 Å². The van der Waals surface area contributed by atoms with E-state index in [9.17, 15) is 9.90 Å². The average molecular weight is 460 g/mol. The number of anilines is 1. The van der Waals surface area contributed by atoms with Crippen molar-refractivity contribution in [2.45, 2.75) is 27.0 Å². The van der Waals surface area contributed by atoms with Gasteiger partial charge in [0.25, 0.3) is 0 Å². The van der Waals surface area contributed by atoms with Crippen molar-refractivity contribution in [1.82, 2.24) is 0 Å². The summed E-state index contributed by atoms with van der Waals surface area (Å²) in [5.74, 6) is 0.131. The van der Waals surface area contributed by atoms with E-state index in [-0.39, 0.29) is 12.2 Å². The van der Waals surface area contributed by atoms with Crippen LogP contribution in [0.2, 0.25) is 10.0 Å². The molecular formula is C24H23Cl2NO4. The number of carbonyl (C=O) groups is 1. The number of hydrogen-bond acceptors (Lipinski definition) is 4. The average Bonchev–Trinajstić information content (AvgIpc) is 2.74. The van der Waals surface area contributed by atoms with Crippen LogP contribution in [-0.4, -0.2) is 17.7 Å².